The van der Waals surface area contributed by atoms with Gasteiger partial charge in [0.1, 0.15) is 0 Å². The van der Waals surface area contributed by atoms with E-state index in [0.717, 1.165) is 4.90 Å². The highest BCUT2D eigenvalue weighted by atomic mass is 32.2. The highest BCUT2D eigenvalue weighted by molar-refractivity contribution is 8.00. The van der Waals surface area contributed by atoms with Crippen molar-refractivity contribution in [3.05, 3.63) is 76.5 Å². The molecule has 31 heavy (non-hydrogen) atoms. The molecule has 0 saturated heterocycles. The Morgan fingerprint density at radius 1 is 0.968 bits per heavy atom. The van der Waals surface area contributed by atoms with Crippen LogP contribution in [-0.2, 0) is 9.53 Å². The Kier molecular flexibility index (Phi) is 7.86. The molecule has 2 amide bonds. The molecule has 2 N–H and O–H groups in total. The number of anilines is 2. The zero-order valence-electron chi connectivity index (χ0n) is 17.1. The predicted octanol–water partition coefficient (Wildman–Crippen LogP) is 5.30. The molecule has 6 nitrogen and oxygen atoms in total. The molecule has 3 aromatic rings. The van der Waals surface area contributed by atoms with Gasteiger partial charge in [-0.25, -0.2) is 4.79 Å². The average molecular weight is 455 g/mol. The van der Waals surface area contributed by atoms with E-state index in [-0.39, 0.29) is 23.0 Å². The largest absolute Gasteiger partial charge is 0.462 e. The Labute approximate surface area is 189 Å². The summed E-state index contributed by atoms with van der Waals surface area (Å²) in [6.07, 6.45) is 0. The van der Waals surface area contributed by atoms with Gasteiger partial charge in [0.2, 0.25) is 5.91 Å². The molecule has 0 bridgehead atoms. The van der Waals surface area contributed by atoms with E-state index in [2.05, 4.69) is 10.6 Å². The smallest absolute Gasteiger partial charge is 0.338 e. The molecule has 2 aromatic carbocycles. The van der Waals surface area contributed by atoms with Crippen molar-refractivity contribution >= 4 is 52.3 Å². The van der Waals surface area contributed by atoms with Gasteiger partial charge in [-0.1, -0.05) is 6.07 Å². The molecule has 0 saturated carbocycles. The normalized spacial score (nSPS) is 11.4. The first-order valence-corrected chi connectivity index (χ1v) is 11.4. The van der Waals surface area contributed by atoms with E-state index in [1.165, 1.54) is 23.1 Å². The standard InChI is InChI=1S/C23H22N2O4S2/c1-3-29-23(28)16-6-8-17(9-7-16)24-21(26)15(2)31-19-12-10-18(11-13-19)25-22(27)20-5-4-14-30-20/h4-15H,3H2,1-2H3,(H,24,26)(H,25,27). The molecule has 0 aliphatic carbocycles. The van der Waals surface area contributed by atoms with Crippen molar-refractivity contribution in [3.8, 4) is 0 Å². The predicted molar refractivity (Wildman–Crippen MR) is 125 cm³/mol. The van der Waals surface area contributed by atoms with Gasteiger partial charge in [-0.05, 0) is 73.8 Å². The van der Waals surface area contributed by atoms with Gasteiger partial charge in [-0.2, -0.15) is 0 Å². The first kappa shape index (κ1) is 22.6. The molecular weight excluding hydrogens is 432 g/mol. The third-order valence-corrected chi connectivity index (χ3v) is 6.18. The lowest BCUT2D eigenvalue weighted by atomic mass is 10.2. The van der Waals surface area contributed by atoms with Crippen LogP contribution in [0.2, 0.25) is 0 Å². The molecule has 0 spiro atoms. The fraction of sp³-hybridized carbons (Fsp3) is 0.174. The lowest BCUT2D eigenvalue weighted by molar-refractivity contribution is -0.115. The van der Waals surface area contributed by atoms with E-state index in [9.17, 15) is 14.4 Å². The third-order valence-electron chi connectivity index (χ3n) is 4.20. The van der Waals surface area contributed by atoms with Crippen LogP contribution in [0.3, 0.4) is 0 Å². The zero-order chi connectivity index (χ0) is 22.2. The van der Waals surface area contributed by atoms with Gasteiger partial charge in [-0.15, -0.1) is 23.1 Å². The number of hydrogen-bond donors (Lipinski definition) is 2. The molecule has 1 aromatic heterocycles. The first-order chi connectivity index (χ1) is 15.0. The van der Waals surface area contributed by atoms with Crippen molar-refractivity contribution in [2.45, 2.75) is 24.0 Å². The number of hydrogen-bond acceptors (Lipinski definition) is 6. The average Bonchev–Trinajstić information content (AvgIpc) is 3.31. The van der Waals surface area contributed by atoms with E-state index in [1.54, 1.807) is 37.3 Å². The van der Waals surface area contributed by atoms with Crippen LogP contribution in [0.25, 0.3) is 0 Å². The summed E-state index contributed by atoms with van der Waals surface area (Å²) in [6.45, 7) is 3.88. The lowest BCUT2D eigenvalue weighted by Crippen LogP contribution is -2.22. The van der Waals surface area contributed by atoms with Crippen molar-refractivity contribution in [2.24, 2.45) is 0 Å². The minimum Gasteiger partial charge on any atom is -0.462 e. The summed E-state index contributed by atoms with van der Waals surface area (Å²) in [5.41, 5.74) is 1.74. The Morgan fingerprint density at radius 3 is 2.23 bits per heavy atom. The van der Waals surface area contributed by atoms with Gasteiger partial charge in [-0.3, -0.25) is 9.59 Å². The SMILES string of the molecule is CCOC(=O)c1ccc(NC(=O)C(C)Sc2ccc(NC(=O)c3cccs3)cc2)cc1. The second kappa shape index (κ2) is 10.8. The molecule has 0 aliphatic heterocycles. The van der Waals surface area contributed by atoms with Crippen molar-refractivity contribution in [3.63, 3.8) is 0 Å². The van der Waals surface area contributed by atoms with Crippen LogP contribution in [0.1, 0.15) is 33.9 Å². The number of thiophene rings is 1. The number of amides is 2. The molecule has 1 atom stereocenters. The topological polar surface area (TPSA) is 84.5 Å². The summed E-state index contributed by atoms with van der Waals surface area (Å²) in [4.78, 5) is 37.9. The molecule has 160 valence electrons. The molecule has 0 fully saturated rings. The quantitative estimate of drug-likeness (QED) is 0.357. The molecule has 0 aliphatic rings. The third kappa shape index (κ3) is 6.44. The molecule has 3 rings (SSSR count). The van der Waals surface area contributed by atoms with Crippen molar-refractivity contribution in [1.82, 2.24) is 0 Å². The Hall–Kier alpha value is -3.10. The van der Waals surface area contributed by atoms with Crippen LogP contribution in [-0.4, -0.2) is 29.6 Å². The van der Waals surface area contributed by atoms with Gasteiger partial charge in [0.05, 0.1) is 22.3 Å². The molecule has 1 unspecified atom stereocenters. The minimum absolute atomic E-state index is 0.142. The van der Waals surface area contributed by atoms with E-state index in [4.69, 9.17) is 4.74 Å². The summed E-state index contributed by atoms with van der Waals surface area (Å²) in [6, 6.07) is 17.6. The van der Waals surface area contributed by atoms with Crippen LogP contribution >= 0.6 is 23.1 Å². The van der Waals surface area contributed by atoms with Crippen molar-refractivity contribution in [2.75, 3.05) is 17.2 Å². The number of nitrogens with one attached hydrogen (secondary N) is 2. The zero-order valence-corrected chi connectivity index (χ0v) is 18.7. The van der Waals surface area contributed by atoms with Crippen LogP contribution in [0.4, 0.5) is 11.4 Å². The van der Waals surface area contributed by atoms with Gasteiger partial charge in [0.25, 0.3) is 5.91 Å². The number of rotatable bonds is 8. The van der Waals surface area contributed by atoms with Gasteiger partial charge in [0.15, 0.2) is 0 Å². The highest BCUT2D eigenvalue weighted by Crippen LogP contribution is 2.26. The molecule has 0 radical (unpaired) electrons. The monoisotopic (exact) mass is 454 g/mol. The van der Waals surface area contributed by atoms with E-state index in [1.807, 2.05) is 42.6 Å². The van der Waals surface area contributed by atoms with Crippen LogP contribution in [0.5, 0.6) is 0 Å². The van der Waals surface area contributed by atoms with E-state index < -0.39 is 0 Å². The number of esters is 1. The minimum atomic E-state index is -0.390. The van der Waals surface area contributed by atoms with Gasteiger partial charge < -0.3 is 15.4 Å². The number of ether oxygens (including phenoxy) is 1. The lowest BCUT2D eigenvalue weighted by Gasteiger charge is -2.13. The van der Waals surface area contributed by atoms with Crippen LogP contribution in [0, 0.1) is 0 Å². The fourth-order valence-electron chi connectivity index (χ4n) is 2.62. The number of benzene rings is 2. The Bertz CT molecular complexity index is 1030. The first-order valence-electron chi connectivity index (χ1n) is 9.66. The van der Waals surface area contributed by atoms with Crippen LogP contribution < -0.4 is 10.6 Å². The molecule has 8 heteroatoms. The maximum atomic E-state index is 12.5. The molecule has 1 heterocycles. The number of carbonyl (C=O) groups excluding carboxylic acids is 3. The maximum Gasteiger partial charge on any atom is 0.338 e. The van der Waals surface area contributed by atoms with E-state index in [0.29, 0.717) is 28.4 Å². The second-order valence-corrected chi connectivity index (χ2v) is 8.86. The molecular formula is C23H22N2O4S2. The summed E-state index contributed by atoms with van der Waals surface area (Å²) < 4.78 is 4.95. The van der Waals surface area contributed by atoms with Gasteiger partial charge >= 0.3 is 5.97 Å². The number of thioether (sulfide) groups is 1. The van der Waals surface area contributed by atoms with Crippen LogP contribution in [0.15, 0.2) is 70.9 Å². The fourth-order valence-corrected chi connectivity index (χ4v) is 4.11. The Morgan fingerprint density at radius 2 is 1.61 bits per heavy atom. The number of carbonyl (C=O) groups is 3. The summed E-state index contributed by atoms with van der Waals surface area (Å²) in [7, 11) is 0. The highest BCUT2D eigenvalue weighted by Gasteiger charge is 2.15. The maximum absolute atomic E-state index is 12.5. The second-order valence-electron chi connectivity index (χ2n) is 6.50. The summed E-state index contributed by atoms with van der Waals surface area (Å²) in [5.74, 6) is -0.680. The van der Waals surface area contributed by atoms with E-state index >= 15 is 0 Å². The van der Waals surface area contributed by atoms with Gasteiger partial charge in [0, 0.05) is 16.3 Å². The Balaban J connectivity index is 1.52. The van der Waals surface area contributed by atoms with Crippen molar-refractivity contribution in [1.29, 1.82) is 0 Å². The van der Waals surface area contributed by atoms with Crippen molar-refractivity contribution < 1.29 is 19.1 Å². The summed E-state index contributed by atoms with van der Waals surface area (Å²) in [5, 5.41) is 7.22. The summed E-state index contributed by atoms with van der Waals surface area (Å²) >= 11 is 2.80.